The number of carbonyl (C=O) groups is 1. The second-order valence-corrected chi connectivity index (χ2v) is 12.1. The van der Waals surface area contributed by atoms with E-state index >= 15 is 0 Å². The molecular weight excluding hydrogens is 689 g/mol. The van der Waals surface area contributed by atoms with Gasteiger partial charge in [-0.1, -0.05) is 0 Å². The maximum Gasteiger partial charge on any atom is 0.490 e. The fourth-order valence-corrected chi connectivity index (χ4v) is 5.46. The van der Waals surface area contributed by atoms with Crippen LogP contribution in [-0.4, -0.2) is 53.2 Å². The molecule has 46 heavy (non-hydrogen) atoms. The van der Waals surface area contributed by atoms with Crippen molar-refractivity contribution in [1.82, 2.24) is 23.9 Å². The van der Waals surface area contributed by atoms with E-state index in [1.807, 2.05) is 4.72 Å². The number of halogens is 9. The van der Waals surface area contributed by atoms with Crippen LogP contribution in [-0.2, 0) is 43.7 Å². The average molecular weight is 706 g/mol. The Kier molecular flexibility index (Phi) is 10.2. The minimum absolute atomic E-state index is 0.170. The Labute approximate surface area is 252 Å². The molecule has 22 heteroatoms. The molecule has 2 aromatic carbocycles. The van der Waals surface area contributed by atoms with E-state index in [1.165, 1.54) is 24.5 Å². The molecule has 0 spiro atoms. The zero-order valence-corrected chi connectivity index (χ0v) is 23.8. The van der Waals surface area contributed by atoms with Crippen LogP contribution in [0.3, 0.4) is 0 Å². The van der Waals surface area contributed by atoms with Crippen LogP contribution in [0, 0.1) is 0 Å². The van der Waals surface area contributed by atoms with Gasteiger partial charge in [-0.2, -0.15) is 47.9 Å². The van der Waals surface area contributed by atoms with E-state index in [0.717, 1.165) is 12.1 Å². The first-order valence-electron chi connectivity index (χ1n) is 11.8. The number of hydrogen-bond acceptors (Lipinski definition) is 8. The highest BCUT2D eigenvalue weighted by atomic mass is 32.2. The van der Waals surface area contributed by atoms with E-state index in [9.17, 15) is 56.3 Å². The third-order valence-corrected chi connectivity index (χ3v) is 8.47. The van der Waals surface area contributed by atoms with Gasteiger partial charge >= 0.3 is 24.5 Å². The highest BCUT2D eigenvalue weighted by molar-refractivity contribution is 7.90. The Bertz CT molecular complexity index is 1890. The molecule has 2 aromatic heterocycles. The Morgan fingerprint density at radius 1 is 0.739 bits per heavy atom. The lowest BCUT2D eigenvalue weighted by Gasteiger charge is -2.11. The molecule has 4 rings (SSSR count). The molecule has 0 radical (unpaired) electrons. The Balaban J connectivity index is 0.000000738. The Morgan fingerprint density at radius 3 is 1.59 bits per heavy atom. The summed E-state index contributed by atoms with van der Waals surface area (Å²) in [5, 5.41) is 11.0. The second kappa shape index (κ2) is 13.0. The number of carboxylic acids is 1. The van der Waals surface area contributed by atoms with Gasteiger partial charge in [0.15, 0.2) is 11.6 Å². The summed E-state index contributed by atoms with van der Waals surface area (Å²) in [6.45, 7) is -0.790. The molecule has 248 valence electrons. The lowest BCUT2D eigenvalue weighted by molar-refractivity contribution is -0.192. The molecule has 0 fully saturated rings. The lowest BCUT2D eigenvalue weighted by Crippen LogP contribution is -2.27. The SMILES string of the molecule is O=C(O)C(F)(F)F.O=S(=O)(NCc1nc(-c2ccncc2)nn1S(=O)(=O)c1ccc(C(F)(F)F)cc1)c1ccc(C(F)(F)F)cc1. The molecule has 2 N–H and O–H groups in total. The van der Waals surface area contributed by atoms with Crippen LogP contribution in [0.5, 0.6) is 0 Å². The molecule has 2 heterocycles. The third-order valence-electron chi connectivity index (χ3n) is 5.44. The first-order valence-corrected chi connectivity index (χ1v) is 14.7. The van der Waals surface area contributed by atoms with Crippen molar-refractivity contribution in [3.8, 4) is 11.4 Å². The fourth-order valence-electron chi connectivity index (χ4n) is 3.24. The summed E-state index contributed by atoms with van der Waals surface area (Å²) in [6, 6.07) is 7.96. The van der Waals surface area contributed by atoms with Crippen molar-refractivity contribution in [2.24, 2.45) is 0 Å². The molecule has 0 aliphatic heterocycles. The maximum atomic E-state index is 13.3. The number of pyridine rings is 1. The monoisotopic (exact) mass is 705 g/mol. The predicted molar refractivity (Wildman–Crippen MR) is 136 cm³/mol. The smallest absolute Gasteiger partial charge is 0.475 e. The largest absolute Gasteiger partial charge is 0.490 e. The summed E-state index contributed by atoms with van der Waals surface area (Å²) in [4.78, 5) is 15.6. The standard InChI is InChI=1S/C22H15F6N5O4S2.C2HF3O2/c23-21(24,25)15-1-5-17(6-2-15)38(34,35)30-13-19-31-20(14-9-11-29-12-10-14)32-33(19)39(36,37)18-7-3-16(4-8-18)22(26,27)28;3-2(4,5)1(6)7/h1-12,30H,13H2;(H,6,7). The second-order valence-electron chi connectivity index (χ2n) is 8.61. The first kappa shape index (κ1) is 35.9. The molecule has 0 amide bonds. The number of hydrogen-bond donors (Lipinski definition) is 2. The molecule has 4 aromatic rings. The van der Waals surface area contributed by atoms with E-state index in [4.69, 9.17) is 9.90 Å². The van der Waals surface area contributed by atoms with Gasteiger partial charge in [0.1, 0.15) is 0 Å². The molecule has 0 saturated carbocycles. The van der Waals surface area contributed by atoms with E-state index < -0.39 is 77.8 Å². The fraction of sp³-hybridized carbons (Fsp3) is 0.167. The molecule has 11 nitrogen and oxygen atoms in total. The van der Waals surface area contributed by atoms with Crippen LogP contribution < -0.4 is 4.72 Å². The first-order chi connectivity index (χ1) is 21.0. The number of nitrogens with one attached hydrogen (secondary N) is 1. The molecule has 0 aliphatic rings. The molecule has 0 aliphatic carbocycles. The number of aliphatic carboxylic acids is 1. The van der Waals surface area contributed by atoms with Gasteiger partial charge in [0.2, 0.25) is 10.0 Å². The average Bonchev–Trinajstić information content (AvgIpc) is 3.41. The summed E-state index contributed by atoms with van der Waals surface area (Å²) < 4.78 is 163. The van der Waals surface area contributed by atoms with Crippen molar-refractivity contribution in [3.05, 3.63) is 90.0 Å². The van der Waals surface area contributed by atoms with Crippen molar-refractivity contribution in [2.75, 3.05) is 0 Å². The number of carboxylic acid groups (broad SMARTS) is 1. The maximum absolute atomic E-state index is 13.3. The van der Waals surface area contributed by atoms with Gasteiger partial charge < -0.3 is 5.11 Å². The van der Waals surface area contributed by atoms with E-state index in [2.05, 4.69) is 15.1 Å². The van der Waals surface area contributed by atoms with Gasteiger partial charge in [-0.15, -0.1) is 9.19 Å². The van der Waals surface area contributed by atoms with Crippen LogP contribution >= 0.6 is 0 Å². The lowest BCUT2D eigenvalue weighted by atomic mass is 10.2. The van der Waals surface area contributed by atoms with Crippen LogP contribution in [0.1, 0.15) is 17.0 Å². The van der Waals surface area contributed by atoms with Gasteiger partial charge in [0, 0.05) is 18.0 Å². The van der Waals surface area contributed by atoms with Crippen LogP contribution in [0.4, 0.5) is 39.5 Å². The summed E-state index contributed by atoms with van der Waals surface area (Å²) in [7, 11) is -9.13. The van der Waals surface area contributed by atoms with E-state index in [-0.39, 0.29) is 5.82 Å². The zero-order chi connectivity index (χ0) is 34.7. The minimum atomic E-state index is -5.08. The Morgan fingerprint density at radius 2 is 1.17 bits per heavy atom. The topological polar surface area (TPSA) is 161 Å². The van der Waals surface area contributed by atoms with Crippen molar-refractivity contribution in [1.29, 1.82) is 0 Å². The van der Waals surface area contributed by atoms with Gasteiger partial charge in [-0.05, 0) is 60.7 Å². The Hall–Kier alpha value is -4.57. The van der Waals surface area contributed by atoms with Gasteiger partial charge in [0.25, 0.3) is 10.0 Å². The van der Waals surface area contributed by atoms with Crippen molar-refractivity contribution in [3.63, 3.8) is 0 Å². The molecule has 0 unspecified atom stereocenters. The van der Waals surface area contributed by atoms with Crippen LogP contribution in [0.15, 0.2) is 82.8 Å². The highest BCUT2D eigenvalue weighted by Crippen LogP contribution is 2.31. The number of nitrogens with zero attached hydrogens (tertiary/aromatic N) is 4. The van der Waals surface area contributed by atoms with E-state index in [0.29, 0.717) is 46.0 Å². The zero-order valence-electron chi connectivity index (χ0n) is 22.1. The number of benzene rings is 2. The van der Waals surface area contributed by atoms with E-state index in [1.54, 1.807) is 0 Å². The van der Waals surface area contributed by atoms with Gasteiger partial charge in [0.05, 0.1) is 27.5 Å². The minimum Gasteiger partial charge on any atom is -0.475 e. The summed E-state index contributed by atoms with van der Waals surface area (Å²) in [5.74, 6) is -3.40. The number of rotatable bonds is 7. The van der Waals surface area contributed by atoms with Crippen LogP contribution in [0.2, 0.25) is 0 Å². The summed E-state index contributed by atoms with van der Waals surface area (Å²) in [5.41, 5.74) is -1.88. The summed E-state index contributed by atoms with van der Waals surface area (Å²) in [6.07, 6.45) is -11.8. The van der Waals surface area contributed by atoms with Crippen molar-refractivity contribution < 1.29 is 66.3 Å². The highest BCUT2D eigenvalue weighted by Gasteiger charge is 2.38. The normalized spacial score (nSPS) is 12.7. The third kappa shape index (κ3) is 8.78. The predicted octanol–water partition coefficient (Wildman–Crippen LogP) is 4.73. The molecular formula is C24H16F9N5O6S2. The summed E-state index contributed by atoms with van der Waals surface area (Å²) >= 11 is 0. The quantitative estimate of drug-likeness (QED) is 0.259. The van der Waals surface area contributed by atoms with Crippen LogP contribution in [0.25, 0.3) is 11.4 Å². The van der Waals surface area contributed by atoms with Crippen molar-refractivity contribution in [2.45, 2.75) is 34.9 Å². The number of alkyl halides is 9. The molecule has 0 bridgehead atoms. The number of sulfonamides is 1. The molecule has 0 atom stereocenters. The van der Waals surface area contributed by atoms with Gasteiger partial charge in [-0.3, -0.25) is 4.98 Å². The van der Waals surface area contributed by atoms with Crippen molar-refractivity contribution >= 4 is 26.0 Å². The molecule has 0 saturated heterocycles. The van der Waals surface area contributed by atoms with Gasteiger partial charge in [-0.25, -0.2) is 22.9 Å². The number of aromatic nitrogens is 4.